The van der Waals surface area contributed by atoms with Gasteiger partial charge < -0.3 is 0 Å². The van der Waals surface area contributed by atoms with Crippen molar-refractivity contribution in [3.05, 3.63) is 34.3 Å². The summed E-state index contributed by atoms with van der Waals surface area (Å²) in [6.07, 6.45) is 0. The third-order valence-electron chi connectivity index (χ3n) is 2.46. The van der Waals surface area contributed by atoms with Gasteiger partial charge in [-0.05, 0) is 31.9 Å². The standard InChI is InChI=1S/C11H13N3O2S2/c1-7-4-8(2)10(9(3)5-7)18(15,16)14-11-13-12-6-17-11/h4-6H,1-3H3,(H,13,14). The van der Waals surface area contributed by atoms with Crippen LogP contribution in [0.5, 0.6) is 0 Å². The predicted octanol–water partition coefficient (Wildman–Crippen LogP) is 2.26. The Morgan fingerprint density at radius 3 is 2.28 bits per heavy atom. The smallest absolute Gasteiger partial charge is 0.253 e. The van der Waals surface area contributed by atoms with Gasteiger partial charge in [-0.15, -0.1) is 10.2 Å². The zero-order chi connectivity index (χ0) is 13.3. The fourth-order valence-corrected chi connectivity index (χ4v) is 4.12. The lowest BCUT2D eigenvalue weighted by atomic mass is 10.1. The average Bonchev–Trinajstić information content (AvgIpc) is 2.66. The van der Waals surface area contributed by atoms with Crippen molar-refractivity contribution in [3.63, 3.8) is 0 Å². The molecule has 0 saturated carbocycles. The maximum atomic E-state index is 12.3. The van der Waals surface area contributed by atoms with Gasteiger partial charge in [0.25, 0.3) is 10.0 Å². The highest BCUT2D eigenvalue weighted by molar-refractivity contribution is 7.93. The largest absolute Gasteiger partial charge is 0.264 e. The number of hydrogen-bond acceptors (Lipinski definition) is 5. The number of nitrogens with zero attached hydrogens (tertiary/aromatic N) is 2. The molecule has 1 aromatic carbocycles. The van der Waals surface area contributed by atoms with Gasteiger partial charge in [0.1, 0.15) is 5.51 Å². The van der Waals surface area contributed by atoms with Crippen LogP contribution in [-0.2, 0) is 10.0 Å². The van der Waals surface area contributed by atoms with Crippen LogP contribution in [0.4, 0.5) is 5.13 Å². The van der Waals surface area contributed by atoms with Gasteiger partial charge in [-0.25, -0.2) is 8.42 Å². The highest BCUT2D eigenvalue weighted by atomic mass is 32.2. The fourth-order valence-electron chi connectivity index (χ4n) is 1.97. The van der Waals surface area contributed by atoms with E-state index in [1.54, 1.807) is 13.8 Å². The van der Waals surface area contributed by atoms with Crippen molar-refractivity contribution in [2.45, 2.75) is 25.7 Å². The van der Waals surface area contributed by atoms with E-state index in [0.29, 0.717) is 4.90 Å². The maximum Gasteiger partial charge on any atom is 0.264 e. The summed E-state index contributed by atoms with van der Waals surface area (Å²) in [6, 6.07) is 3.70. The normalized spacial score (nSPS) is 11.5. The molecule has 2 rings (SSSR count). The summed E-state index contributed by atoms with van der Waals surface area (Å²) in [5, 5.41) is 7.56. The summed E-state index contributed by atoms with van der Waals surface area (Å²) in [5.41, 5.74) is 3.97. The monoisotopic (exact) mass is 283 g/mol. The molecule has 0 radical (unpaired) electrons. The van der Waals surface area contributed by atoms with Crippen molar-refractivity contribution in [2.75, 3.05) is 4.72 Å². The van der Waals surface area contributed by atoms with Crippen LogP contribution >= 0.6 is 11.3 Å². The number of nitrogens with one attached hydrogen (secondary N) is 1. The van der Waals surface area contributed by atoms with Crippen molar-refractivity contribution in [1.29, 1.82) is 0 Å². The van der Waals surface area contributed by atoms with Crippen LogP contribution in [0.25, 0.3) is 0 Å². The Bertz CT molecular complexity index is 641. The molecule has 0 fully saturated rings. The maximum absolute atomic E-state index is 12.3. The van der Waals surface area contributed by atoms with Crippen LogP contribution in [0.15, 0.2) is 22.5 Å². The van der Waals surface area contributed by atoms with E-state index in [0.717, 1.165) is 28.0 Å². The molecule has 2 aromatic rings. The molecule has 1 aromatic heterocycles. The summed E-state index contributed by atoms with van der Waals surface area (Å²) in [4.78, 5) is 0.309. The predicted molar refractivity (Wildman–Crippen MR) is 71.4 cm³/mol. The first kappa shape index (κ1) is 13.0. The van der Waals surface area contributed by atoms with Crippen molar-refractivity contribution < 1.29 is 8.42 Å². The van der Waals surface area contributed by atoms with Gasteiger partial charge in [0.05, 0.1) is 4.90 Å². The highest BCUT2D eigenvalue weighted by Gasteiger charge is 2.20. The number of aryl methyl sites for hydroxylation is 3. The number of benzene rings is 1. The number of rotatable bonds is 3. The molecule has 0 spiro atoms. The van der Waals surface area contributed by atoms with Gasteiger partial charge in [-0.2, -0.15) is 0 Å². The summed E-state index contributed by atoms with van der Waals surface area (Å²) in [7, 11) is -3.60. The van der Waals surface area contributed by atoms with Gasteiger partial charge in [-0.3, -0.25) is 4.72 Å². The number of aromatic nitrogens is 2. The van der Waals surface area contributed by atoms with Crippen LogP contribution in [0.2, 0.25) is 0 Å². The van der Waals surface area contributed by atoms with Crippen LogP contribution in [0.1, 0.15) is 16.7 Å². The second-order valence-electron chi connectivity index (χ2n) is 4.08. The van der Waals surface area contributed by atoms with E-state index in [4.69, 9.17) is 0 Å². The van der Waals surface area contributed by atoms with Gasteiger partial charge >= 0.3 is 0 Å². The Kier molecular flexibility index (Phi) is 3.36. The molecule has 7 heteroatoms. The molecule has 0 amide bonds. The van der Waals surface area contributed by atoms with Crippen LogP contribution in [0.3, 0.4) is 0 Å². The minimum atomic E-state index is -3.60. The second kappa shape index (κ2) is 4.66. The molecule has 0 saturated heterocycles. The first-order valence-electron chi connectivity index (χ1n) is 5.27. The third-order valence-corrected chi connectivity index (χ3v) is 4.83. The molecular formula is C11H13N3O2S2. The molecule has 96 valence electrons. The summed E-state index contributed by atoms with van der Waals surface area (Å²) >= 11 is 1.15. The fraction of sp³-hybridized carbons (Fsp3) is 0.273. The molecule has 0 aliphatic rings. The summed E-state index contributed by atoms with van der Waals surface area (Å²) < 4.78 is 27.0. The van der Waals surface area contributed by atoms with E-state index >= 15 is 0 Å². The zero-order valence-corrected chi connectivity index (χ0v) is 11.9. The minimum absolute atomic E-state index is 0.273. The number of anilines is 1. The quantitative estimate of drug-likeness (QED) is 0.938. The van der Waals surface area contributed by atoms with Crippen LogP contribution in [0, 0.1) is 20.8 Å². The van der Waals surface area contributed by atoms with E-state index < -0.39 is 10.0 Å². The van der Waals surface area contributed by atoms with Crippen molar-refractivity contribution in [1.82, 2.24) is 10.2 Å². The van der Waals surface area contributed by atoms with Crippen molar-refractivity contribution >= 4 is 26.5 Å². The number of hydrogen-bond donors (Lipinski definition) is 1. The van der Waals surface area contributed by atoms with Crippen LogP contribution in [-0.4, -0.2) is 18.6 Å². The van der Waals surface area contributed by atoms with E-state index in [1.165, 1.54) is 5.51 Å². The van der Waals surface area contributed by atoms with Crippen LogP contribution < -0.4 is 4.72 Å². The summed E-state index contributed by atoms with van der Waals surface area (Å²) in [6.45, 7) is 5.51. The van der Waals surface area contributed by atoms with E-state index in [-0.39, 0.29) is 5.13 Å². The SMILES string of the molecule is Cc1cc(C)c(S(=O)(=O)Nc2nncs2)c(C)c1. The Balaban J connectivity index is 2.48. The van der Waals surface area contributed by atoms with Gasteiger partial charge in [0.15, 0.2) is 0 Å². The van der Waals surface area contributed by atoms with Gasteiger partial charge in [-0.1, -0.05) is 29.0 Å². The first-order valence-corrected chi connectivity index (χ1v) is 7.63. The molecule has 18 heavy (non-hydrogen) atoms. The molecule has 0 unspecified atom stereocenters. The molecular weight excluding hydrogens is 270 g/mol. The third kappa shape index (κ3) is 2.51. The first-order chi connectivity index (χ1) is 8.40. The molecule has 0 bridgehead atoms. The minimum Gasteiger partial charge on any atom is -0.253 e. The lowest BCUT2D eigenvalue weighted by Gasteiger charge is -2.12. The Hall–Kier alpha value is -1.47. The van der Waals surface area contributed by atoms with Crippen molar-refractivity contribution in [3.8, 4) is 0 Å². The molecule has 5 nitrogen and oxygen atoms in total. The molecule has 0 aliphatic carbocycles. The molecule has 1 heterocycles. The molecule has 0 atom stereocenters. The Morgan fingerprint density at radius 2 is 1.78 bits per heavy atom. The van der Waals surface area contributed by atoms with E-state index in [1.807, 2.05) is 19.1 Å². The van der Waals surface area contributed by atoms with Crippen molar-refractivity contribution in [2.24, 2.45) is 0 Å². The Labute approximate surface area is 110 Å². The number of sulfonamides is 1. The highest BCUT2D eigenvalue weighted by Crippen LogP contribution is 2.24. The average molecular weight is 283 g/mol. The lowest BCUT2D eigenvalue weighted by molar-refractivity contribution is 0.600. The van der Waals surface area contributed by atoms with E-state index in [9.17, 15) is 8.42 Å². The lowest BCUT2D eigenvalue weighted by Crippen LogP contribution is -2.15. The molecule has 0 aliphatic heterocycles. The molecule has 1 N–H and O–H groups in total. The van der Waals surface area contributed by atoms with Gasteiger partial charge in [0, 0.05) is 0 Å². The zero-order valence-electron chi connectivity index (χ0n) is 10.3. The van der Waals surface area contributed by atoms with E-state index in [2.05, 4.69) is 14.9 Å². The summed E-state index contributed by atoms with van der Waals surface area (Å²) in [5.74, 6) is 0. The topological polar surface area (TPSA) is 72.0 Å². The van der Waals surface area contributed by atoms with Gasteiger partial charge in [0.2, 0.25) is 5.13 Å². The second-order valence-corrected chi connectivity index (χ2v) is 6.53. The Morgan fingerprint density at radius 1 is 1.17 bits per heavy atom.